The second-order valence-electron chi connectivity index (χ2n) is 2.42. The SMILES string of the molecule is N#Cc1nccc2c1N=CNC2. The highest BCUT2D eigenvalue weighted by Gasteiger charge is 2.09. The lowest BCUT2D eigenvalue weighted by Crippen LogP contribution is -2.14. The van der Waals surface area contributed by atoms with Gasteiger partial charge < -0.3 is 5.32 Å². The summed E-state index contributed by atoms with van der Waals surface area (Å²) in [5.74, 6) is 0. The van der Waals surface area contributed by atoms with Crippen molar-refractivity contribution in [2.24, 2.45) is 4.99 Å². The zero-order chi connectivity index (χ0) is 8.39. The molecule has 0 radical (unpaired) electrons. The predicted octanol–water partition coefficient (Wildman–Crippen LogP) is 0.716. The average molecular weight is 158 g/mol. The normalized spacial score (nSPS) is 12.9. The van der Waals surface area contributed by atoms with Gasteiger partial charge in [-0.15, -0.1) is 0 Å². The Balaban J connectivity index is 2.64. The van der Waals surface area contributed by atoms with Crippen molar-refractivity contribution in [3.8, 4) is 6.07 Å². The maximum Gasteiger partial charge on any atom is 0.166 e. The molecule has 1 N–H and O–H groups in total. The van der Waals surface area contributed by atoms with Crippen molar-refractivity contribution in [2.75, 3.05) is 0 Å². The Morgan fingerprint density at radius 2 is 2.50 bits per heavy atom. The summed E-state index contributed by atoms with van der Waals surface area (Å²) in [6.07, 6.45) is 3.21. The molecule has 1 aliphatic heterocycles. The minimum Gasteiger partial charge on any atom is -0.372 e. The van der Waals surface area contributed by atoms with E-state index in [0.29, 0.717) is 11.4 Å². The smallest absolute Gasteiger partial charge is 0.166 e. The van der Waals surface area contributed by atoms with Crippen molar-refractivity contribution in [3.05, 3.63) is 23.5 Å². The number of hydrogen-bond acceptors (Lipinski definition) is 4. The first-order valence-electron chi connectivity index (χ1n) is 3.56. The number of nitrogens with zero attached hydrogens (tertiary/aromatic N) is 3. The fraction of sp³-hybridized carbons (Fsp3) is 0.125. The van der Waals surface area contributed by atoms with E-state index in [0.717, 1.165) is 12.1 Å². The second-order valence-corrected chi connectivity index (χ2v) is 2.42. The van der Waals surface area contributed by atoms with Gasteiger partial charge in [0, 0.05) is 18.3 Å². The summed E-state index contributed by atoms with van der Waals surface area (Å²) in [5.41, 5.74) is 2.10. The maximum atomic E-state index is 8.69. The number of aliphatic imine (C=N–C) groups is 1. The molecule has 1 aromatic heterocycles. The van der Waals surface area contributed by atoms with Crippen molar-refractivity contribution in [2.45, 2.75) is 6.54 Å². The maximum absolute atomic E-state index is 8.69. The molecule has 0 fully saturated rings. The molecular formula is C8H6N4. The van der Waals surface area contributed by atoms with E-state index in [9.17, 15) is 0 Å². The molecule has 4 heteroatoms. The number of hydrogen-bond donors (Lipinski definition) is 1. The molecule has 0 aromatic carbocycles. The van der Waals surface area contributed by atoms with Crippen LogP contribution in [0.15, 0.2) is 17.3 Å². The molecule has 58 valence electrons. The Bertz CT molecular complexity index is 375. The summed E-state index contributed by atoms with van der Waals surface area (Å²) in [4.78, 5) is 7.95. The molecule has 2 rings (SSSR count). The quantitative estimate of drug-likeness (QED) is 0.605. The van der Waals surface area contributed by atoms with Gasteiger partial charge in [-0.3, -0.25) is 0 Å². The van der Waals surface area contributed by atoms with Gasteiger partial charge in [-0.1, -0.05) is 0 Å². The van der Waals surface area contributed by atoms with E-state index in [1.54, 1.807) is 12.5 Å². The molecule has 1 aromatic rings. The predicted molar refractivity (Wildman–Crippen MR) is 43.9 cm³/mol. The summed E-state index contributed by atoms with van der Waals surface area (Å²) in [5, 5.41) is 11.7. The number of nitrogens with one attached hydrogen (secondary N) is 1. The highest BCUT2D eigenvalue weighted by molar-refractivity contribution is 5.69. The molecule has 0 saturated heterocycles. The van der Waals surface area contributed by atoms with Gasteiger partial charge in [0.15, 0.2) is 5.69 Å². The molecule has 0 atom stereocenters. The standard InChI is InChI=1S/C8H6N4/c9-3-7-8-6(1-2-11-7)4-10-5-12-8/h1-2,5H,4H2,(H,10,12). The van der Waals surface area contributed by atoms with Crippen LogP contribution in [0.3, 0.4) is 0 Å². The lowest BCUT2D eigenvalue weighted by atomic mass is 10.1. The van der Waals surface area contributed by atoms with E-state index in [1.807, 2.05) is 12.1 Å². The van der Waals surface area contributed by atoms with Crippen LogP contribution in [0.5, 0.6) is 0 Å². The molecule has 0 unspecified atom stereocenters. The van der Waals surface area contributed by atoms with Gasteiger partial charge in [-0.25, -0.2) is 9.98 Å². The van der Waals surface area contributed by atoms with E-state index in [4.69, 9.17) is 5.26 Å². The minimum atomic E-state index is 0.394. The van der Waals surface area contributed by atoms with Crippen LogP contribution in [0, 0.1) is 11.3 Å². The third kappa shape index (κ3) is 0.920. The summed E-state index contributed by atoms with van der Waals surface area (Å²) < 4.78 is 0. The number of pyridine rings is 1. The van der Waals surface area contributed by atoms with E-state index >= 15 is 0 Å². The van der Waals surface area contributed by atoms with Crippen molar-refractivity contribution >= 4 is 12.0 Å². The van der Waals surface area contributed by atoms with Crippen molar-refractivity contribution in [3.63, 3.8) is 0 Å². The molecule has 0 amide bonds. The van der Waals surface area contributed by atoms with Crippen LogP contribution in [-0.2, 0) is 6.54 Å². The lowest BCUT2D eigenvalue weighted by molar-refractivity contribution is 0.905. The van der Waals surface area contributed by atoms with Gasteiger partial charge in [0.05, 0.1) is 6.34 Å². The number of aromatic nitrogens is 1. The Hall–Kier alpha value is -1.89. The second kappa shape index (κ2) is 2.62. The minimum absolute atomic E-state index is 0.394. The Labute approximate surface area is 69.6 Å². The molecule has 4 nitrogen and oxygen atoms in total. The molecule has 12 heavy (non-hydrogen) atoms. The van der Waals surface area contributed by atoms with Crippen LogP contribution in [0.25, 0.3) is 0 Å². The molecule has 0 bridgehead atoms. The third-order valence-electron chi connectivity index (χ3n) is 1.69. The highest BCUT2D eigenvalue weighted by Crippen LogP contribution is 2.22. The third-order valence-corrected chi connectivity index (χ3v) is 1.69. The van der Waals surface area contributed by atoms with Gasteiger partial charge in [-0.2, -0.15) is 5.26 Å². The number of nitriles is 1. The van der Waals surface area contributed by atoms with E-state index in [2.05, 4.69) is 15.3 Å². The Morgan fingerprint density at radius 1 is 1.58 bits per heavy atom. The molecule has 0 spiro atoms. The van der Waals surface area contributed by atoms with Crippen LogP contribution in [0.4, 0.5) is 5.69 Å². The van der Waals surface area contributed by atoms with Crippen molar-refractivity contribution in [1.82, 2.24) is 10.3 Å². The van der Waals surface area contributed by atoms with Gasteiger partial charge in [0.1, 0.15) is 11.8 Å². The van der Waals surface area contributed by atoms with Crippen LogP contribution in [-0.4, -0.2) is 11.3 Å². The fourth-order valence-corrected chi connectivity index (χ4v) is 1.13. The summed E-state index contributed by atoms with van der Waals surface area (Å²) >= 11 is 0. The Morgan fingerprint density at radius 3 is 3.33 bits per heavy atom. The summed E-state index contributed by atoms with van der Waals surface area (Å²) in [6, 6.07) is 3.86. The first-order chi connectivity index (χ1) is 5.92. The monoisotopic (exact) mass is 158 g/mol. The largest absolute Gasteiger partial charge is 0.372 e. The zero-order valence-corrected chi connectivity index (χ0v) is 6.28. The average Bonchev–Trinajstić information content (AvgIpc) is 2.17. The van der Waals surface area contributed by atoms with Crippen LogP contribution >= 0.6 is 0 Å². The lowest BCUT2D eigenvalue weighted by Gasteiger charge is -2.10. The van der Waals surface area contributed by atoms with Gasteiger partial charge in [0.25, 0.3) is 0 Å². The number of rotatable bonds is 0. The molecule has 0 aliphatic carbocycles. The van der Waals surface area contributed by atoms with Gasteiger partial charge >= 0.3 is 0 Å². The van der Waals surface area contributed by atoms with Gasteiger partial charge in [0.2, 0.25) is 0 Å². The van der Waals surface area contributed by atoms with Gasteiger partial charge in [-0.05, 0) is 6.07 Å². The van der Waals surface area contributed by atoms with E-state index in [1.165, 1.54) is 0 Å². The Kier molecular flexibility index (Phi) is 1.49. The van der Waals surface area contributed by atoms with Crippen LogP contribution in [0.2, 0.25) is 0 Å². The molecule has 2 heterocycles. The first kappa shape index (κ1) is 6.80. The zero-order valence-electron chi connectivity index (χ0n) is 6.28. The molecule has 0 saturated carbocycles. The summed E-state index contributed by atoms with van der Waals surface area (Å²) in [6.45, 7) is 0.718. The first-order valence-corrected chi connectivity index (χ1v) is 3.56. The fourth-order valence-electron chi connectivity index (χ4n) is 1.13. The van der Waals surface area contributed by atoms with E-state index < -0.39 is 0 Å². The van der Waals surface area contributed by atoms with E-state index in [-0.39, 0.29) is 0 Å². The highest BCUT2D eigenvalue weighted by atomic mass is 15.0. The molecular weight excluding hydrogens is 152 g/mol. The number of fused-ring (bicyclic) bond motifs is 1. The van der Waals surface area contributed by atoms with Crippen molar-refractivity contribution in [1.29, 1.82) is 5.26 Å². The molecule has 1 aliphatic rings. The topological polar surface area (TPSA) is 61.1 Å². The van der Waals surface area contributed by atoms with Crippen LogP contribution in [0.1, 0.15) is 11.3 Å². The van der Waals surface area contributed by atoms with Crippen LogP contribution < -0.4 is 5.32 Å². The summed E-state index contributed by atoms with van der Waals surface area (Å²) in [7, 11) is 0. The van der Waals surface area contributed by atoms with Crippen molar-refractivity contribution < 1.29 is 0 Å².